The molecule has 0 bridgehead atoms. The van der Waals surface area contributed by atoms with E-state index in [2.05, 4.69) is 36.2 Å². The highest BCUT2D eigenvalue weighted by Crippen LogP contribution is 2.40. The summed E-state index contributed by atoms with van der Waals surface area (Å²) in [6.45, 7) is 8.88. The molecule has 1 aliphatic rings. The lowest BCUT2D eigenvalue weighted by atomic mass is 9.69. The van der Waals surface area contributed by atoms with Gasteiger partial charge in [0.25, 0.3) is 5.91 Å². The lowest BCUT2D eigenvalue weighted by molar-refractivity contribution is 0.0889. The molecule has 1 N–H and O–H groups in total. The van der Waals surface area contributed by atoms with Gasteiger partial charge in [0.1, 0.15) is 10.8 Å². The molecule has 1 aliphatic carbocycles. The first-order valence-electron chi connectivity index (χ1n) is 10.2. The van der Waals surface area contributed by atoms with Crippen molar-refractivity contribution >= 4 is 17.7 Å². The highest BCUT2D eigenvalue weighted by molar-refractivity contribution is 7.98. The van der Waals surface area contributed by atoms with Gasteiger partial charge in [0.15, 0.2) is 0 Å². The molecule has 5 nitrogen and oxygen atoms in total. The number of aromatic nitrogens is 2. The zero-order chi connectivity index (χ0) is 20.1. The summed E-state index contributed by atoms with van der Waals surface area (Å²) in [7, 11) is 0. The van der Waals surface area contributed by atoms with Gasteiger partial charge in [-0.15, -0.1) is 0 Å². The summed E-state index contributed by atoms with van der Waals surface area (Å²) >= 11 is 1.52. The minimum absolute atomic E-state index is 0.0230. The fraction of sp³-hybridized carbons (Fsp3) is 0.591. The first-order chi connectivity index (χ1) is 13.4. The van der Waals surface area contributed by atoms with Gasteiger partial charge in [-0.05, 0) is 56.1 Å². The molecule has 3 rings (SSSR count). The molecule has 0 spiro atoms. The van der Waals surface area contributed by atoms with Crippen molar-refractivity contribution in [3.05, 3.63) is 41.4 Å². The normalized spacial score (nSPS) is 20.1. The predicted molar refractivity (Wildman–Crippen MR) is 112 cm³/mol. The molecule has 0 atom stereocenters. The maximum Gasteiger partial charge on any atom is 0.254 e. The van der Waals surface area contributed by atoms with Crippen molar-refractivity contribution in [1.82, 2.24) is 15.5 Å². The van der Waals surface area contributed by atoms with Crippen LogP contribution in [0.15, 0.2) is 33.9 Å². The number of pyridine rings is 1. The van der Waals surface area contributed by atoms with E-state index in [1.165, 1.54) is 31.0 Å². The summed E-state index contributed by atoms with van der Waals surface area (Å²) in [6, 6.07) is 5.84. The van der Waals surface area contributed by atoms with Crippen molar-refractivity contribution in [2.45, 2.75) is 76.6 Å². The van der Waals surface area contributed by atoms with Crippen LogP contribution in [0, 0.1) is 18.3 Å². The van der Waals surface area contributed by atoms with E-state index in [1.807, 2.05) is 25.1 Å². The third-order valence-electron chi connectivity index (χ3n) is 6.13. The molecule has 2 aromatic heterocycles. The minimum atomic E-state index is -0.0230. The van der Waals surface area contributed by atoms with Gasteiger partial charge in [-0.1, -0.05) is 44.1 Å². The van der Waals surface area contributed by atoms with Crippen molar-refractivity contribution in [2.24, 2.45) is 11.3 Å². The summed E-state index contributed by atoms with van der Waals surface area (Å²) in [4.78, 5) is 17.3. The maximum absolute atomic E-state index is 12.9. The summed E-state index contributed by atoms with van der Waals surface area (Å²) in [5.41, 5.74) is 1.89. The number of nitrogens with zero attached hydrogens (tertiary/aromatic N) is 2. The van der Waals surface area contributed by atoms with Crippen molar-refractivity contribution in [1.29, 1.82) is 0 Å². The summed E-state index contributed by atoms with van der Waals surface area (Å²) < 4.78 is 5.11. The zero-order valence-electron chi connectivity index (χ0n) is 17.3. The van der Waals surface area contributed by atoms with E-state index < -0.39 is 0 Å². The Labute approximate surface area is 172 Å². The van der Waals surface area contributed by atoms with Crippen LogP contribution >= 0.6 is 11.8 Å². The number of rotatable bonds is 7. The van der Waals surface area contributed by atoms with Gasteiger partial charge in [0.2, 0.25) is 0 Å². The van der Waals surface area contributed by atoms with Gasteiger partial charge in [-0.25, -0.2) is 4.98 Å². The van der Waals surface area contributed by atoms with E-state index in [0.29, 0.717) is 16.7 Å². The van der Waals surface area contributed by atoms with Gasteiger partial charge in [-0.2, -0.15) is 0 Å². The SMILES string of the molecule is CCC(C)(C)C1CCC(NC(=O)c2cccnc2SCc2cc(C)on2)CC1. The summed E-state index contributed by atoms with van der Waals surface area (Å²) in [5.74, 6) is 2.15. The Morgan fingerprint density at radius 1 is 1.32 bits per heavy atom. The molecule has 2 heterocycles. The van der Waals surface area contributed by atoms with Gasteiger partial charge in [0.05, 0.1) is 11.3 Å². The van der Waals surface area contributed by atoms with E-state index in [4.69, 9.17) is 4.52 Å². The monoisotopic (exact) mass is 401 g/mol. The Balaban J connectivity index is 1.58. The predicted octanol–water partition coefficient (Wildman–Crippen LogP) is 5.40. The quantitative estimate of drug-likeness (QED) is 0.630. The zero-order valence-corrected chi connectivity index (χ0v) is 18.1. The third kappa shape index (κ3) is 5.16. The molecular weight excluding hydrogens is 370 g/mol. The largest absolute Gasteiger partial charge is 0.361 e. The van der Waals surface area contributed by atoms with Crippen LogP contribution in [0.5, 0.6) is 0 Å². The molecule has 0 aromatic carbocycles. The molecule has 6 heteroatoms. The van der Waals surface area contributed by atoms with Crippen molar-refractivity contribution in [2.75, 3.05) is 0 Å². The van der Waals surface area contributed by atoms with E-state index in [9.17, 15) is 4.79 Å². The number of hydrogen-bond donors (Lipinski definition) is 1. The van der Waals surface area contributed by atoms with Gasteiger partial charge in [0, 0.05) is 24.1 Å². The van der Waals surface area contributed by atoms with E-state index in [-0.39, 0.29) is 11.9 Å². The first kappa shape index (κ1) is 20.9. The van der Waals surface area contributed by atoms with E-state index >= 15 is 0 Å². The number of nitrogens with one attached hydrogen (secondary N) is 1. The second-order valence-corrected chi connectivity index (χ2v) is 9.40. The second-order valence-electron chi connectivity index (χ2n) is 8.44. The number of amides is 1. The Hall–Kier alpha value is -1.82. The van der Waals surface area contributed by atoms with Crippen molar-refractivity contribution in [3.8, 4) is 0 Å². The van der Waals surface area contributed by atoms with E-state index in [0.717, 1.165) is 35.2 Å². The standard InChI is InChI=1S/C22H31N3O2S/c1-5-22(3,4)16-8-10-17(11-9-16)24-20(26)19-7-6-12-23-21(19)28-14-18-13-15(2)27-25-18/h6-7,12-13,16-17H,5,8-11,14H2,1-4H3,(H,24,26). The first-order valence-corrected chi connectivity index (χ1v) is 11.2. The third-order valence-corrected chi connectivity index (χ3v) is 7.17. The van der Waals surface area contributed by atoms with Crippen LogP contribution < -0.4 is 5.32 Å². The molecule has 0 aliphatic heterocycles. The second kappa shape index (κ2) is 9.12. The van der Waals surface area contributed by atoms with Crippen molar-refractivity contribution in [3.63, 3.8) is 0 Å². The number of carbonyl (C=O) groups excluding carboxylic acids is 1. The Kier molecular flexibility index (Phi) is 6.81. The molecule has 28 heavy (non-hydrogen) atoms. The molecule has 2 aromatic rings. The highest BCUT2D eigenvalue weighted by atomic mass is 32.2. The van der Waals surface area contributed by atoms with Crippen LogP contribution in [0.3, 0.4) is 0 Å². The van der Waals surface area contributed by atoms with Crippen LogP contribution in [0.4, 0.5) is 0 Å². The van der Waals surface area contributed by atoms with Gasteiger partial charge < -0.3 is 9.84 Å². The molecule has 0 radical (unpaired) electrons. The Bertz CT molecular complexity index is 795. The Morgan fingerprint density at radius 2 is 2.07 bits per heavy atom. The summed E-state index contributed by atoms with van der Waals surface area (Å²) in [6.07, 6.45) is 7.42. The van der Waals surface area contributed by atoms with Crippen LogP contribution in [0.1, 0.15) is 74.7 Å². The fourth-order valence-electron chi connectivity index (χ4n) is 3.88. The fourth-order valence-corrected chi connectivity index (χ4v) is 4.75. The highest BCUT2D eigenvalue weighted by Gasteiger charge is 2.32. The van der Waals surface area contributed by atoms with Crippen LogP contribution in [0.2, 0.25) is 0 Å². The molecular formula is C22H31N3O2S. The average molecular weight is 402 g/mol. The maximum atomic E-state index is 12.9. The Morgan fingerprint density at radius 3 is 2.71 bits per heavy atom. The lowest BCUT2D eigenvalue weighted by Gasteiger charge is -2.39. The smallest absolute Gasteiger partial charge is 0.254 e. The van der Waals surface area contributed by atoms with Crippen LogP contribution in [-0.4, -0.2) is 22.1 Å². The van der Waals surface area contributed by atoms with Crippen molar-refractivity contribution < 1.29 is 9.32 Å². The van der Waals surface area contributed by atoms with Gasteiger partial charge in [-0.3, -0.25) is 4.79 Å². The number of carbonyl (C=O) groups is 1. The van der Waals surface area contributed by atoms with Crippen LogP contribution in [0.25, 0.3) is 0 Å². The molecule has 0 saturated heterocycles. The summed E-state index contributed by atoms with van der Waals surface area (Å²) in [5, 5.41) is 7.99. The lowest BCUT2D eigenvalue weighted by Crippen LogP contribution is -2.40. The molecule has 1 fully saturated rings. The molecule has 1 amide bonds. The molecule has 152 valence electrons. The molecule has 0 unspecified atom stereocenters. The number of hydrogen-bond acceptors (Lipinski definition) is 5. The van der Waals surface area contributed by atoms with E-state index in [1.54, 1.807) is 6.20 Å². The van der Waals surface area contributed by atoms with Gasteiger partial charge >= 0.3 is 0 Å². The number of thioether (sulfide) groups is 1. The average Bonchev–Trinajstić information content (AvgIpc) is 3.12. The minimum Gasteiger partial charge on any atom is -0.361 e. The number of aryl methyl sites for hydroxylation is 1. The van der Waals surface area contributed by atoms with Crippen LogP contribution in [-0.2, 0) is 5.75 Å². The molecule has 1 saturated carbocycles. The topological polar surface area (TPSA) is 68.0 Å².